The molecule has 2 aromatic carbocycles. The van der Waals surface area contributed by atoms with Crippen LogP contribution < -0.4 is 10.1 Å². The third kappa shape index (κ3) is 5.53. The van der Waals surface area contributed by atoms with Crippen LogP contribution in [0.25, 0.3) is 0 Å². The number of phenolic OH excluding ortho intramolecular Hbond substituents is 1. The van der Waals surface area contributed by atoms with Crippen LogP contribution in [0, 0.1) is 10.1 Å². The van der Waals surface area contributed by atoms with E-state index in [9.17, 15) is 20.0 Å². The third-order valence-electron chi connectivity index (χ3n) is 3.86. The first-order chi connectivity index (χ1) is 13.3. The van der Waals surface area contributed by atoms with Gasteiger partial charge in [0.1, 0.15) is 11.5 Å². The summed E-state index contributed by atoms with van der Waals surface area (Å²) in [6.45, 7) is 2.01. The van der Waals surface area contributed by atoms with Crippen molar-refractivity contribution < 1.29 is 19.6 Å². The van der Waals surface area contributed by atoms with Crippen LogP contribution in [0.5, 0.6) is 11.5 Å². The highest BCUT2D eigenvalue weighted by molar-refractivity contribution is 9.10. The summed E-state index contributed by atoms with van der Waals surface area (Å²) in [5.41, 5.74) is 1.04. The molecule has 0 spiro atoms. The number of halogens is 1. The average molecular weight is 450 g/mol. The molecule has 0 bridgehead atoms. The maximum Gasteiger partial charge on any atom is 0.271 e. The quantitative estimate of drug-likeness (QED) is 0.336. The second-order valence-electron chi connectivity index (χ2n) is 5.92. The van der Waals surface area contributed by atoms with Gasteiger partial charge >= 0.3 is 0 Å². The fourth-order valence-corrected chi connectivity index (χ4v) is 2.83. The number of nitrogens with one attached hydrogen (secondary N) is 1. The molecule has 28 heavy (non-hydrogen) atoms. The molecule has 0 radical (unpaired) electrons. The van der Waals surface area contributed by atoms with E-state index in [-0.39, 0.29) is 27.4 Å². The molecule has 0 aliphatic heterocycles. The number of ether oxygens (including phenoxy) is 1. The molecule has 0 atom stereocenters. The van der Waals surface area contributed by atoms with Crippen molar-refractivity contribution in [2.45, 2.75) is 26.2 Å². The van der Waals surface area contributed by atoms with Gasteiger partial charge in [-0.2, -0.15) is 0 Å². The van der Waals surface area contributed by atoms with Crippen molar-refractivity contribution in [3.63, 3.8) is 0 Å². The van der Waals surface area contributed by atoms with Crippen molar-refractivity contribution in [1.82, 2.24) is 0 Å². The molecule has 0 aromatic heterocycles. The van der Waals surface area contributed by atoms with Crippen LogP contribution in [0.15, 0.2) is 39.8 Å². The second kappa shape index (κ2) is 9.84. The SMILES string of the molecule is CCCCC(=O)Nc1ccc(N=Cc2cc([N+](=O)[O-])cc(Br)c2O)cc1OC. The molecule has 9 heteroatoms. The summed E-state index contributed by atoms with van der Waals surface area (Å²) >= 11 is 3.09. The number of phenols is 1. The molecule has 0 heterocycles. The Labute approximate surface area is 170 Å². The monoisotopic (exact) mass is 449 g/mol. The summed E-state index contributed by atoms with van der Waals surface area (Å²) in [5, 5.41) is 23.8. The number of carbonyl (C=O) groups is 1. The number of nitro benzene ring substituents is 1. The van der Waals surface area contributed by atoms with Gasteiger partial charge in [0.15, 0.2) is 0 Å². The molecule has 8 nitrogen and oxygen atoms in total. The lowest BCUT2D eigenvalue weighted by Gasteiger charge is -2.10. The van der Waals surface area contributed by atoms with Gasteiger partial charge in [-0.05, 0) is 34.5 Å². The number of hydrogen-bond donors (Lipinski definition) is 2. The number of aromatic hydroxyl groups is 1. The molecule has 0 saturated heterocycles. The lowest BCUT2D eigenvalue weighted by Crippen LogP contribution is -2.11. The lowest BCUT2D eigenvalue weighted by atomic mass is 10.2. The van der Waals surface area contributed by atoms with Gasteiger partial charge in [-0.15, -0.1) is 0 Å². The summed E-state index contributed by atoms with van der Waals surface area (Å²) in [7, 11) is 1.48. The van der Waals surface area contributed by atoms with Crippen molar-refractivity contribution in [2.24, 2.45) is 4.99 Å². The normalized spacial score (nSPS) is 10.8. The molecule has 0 aliphatic carbocycles. The molecule has 2 rings (SSSR count). The summed E-state index contributed by atoms with van der Waals surface area (Å²) in [4.78, 5) is 26.6. The minimum atomic E-state index is -0.555. The van der Waals surface area contributed by atoms with E-state index in [1.807, 2.05) is 6.92 Å². The van der Waals surface area contributed by atoms with Crippen LogP contribution in [0.2, 0.25) is 0 Å². The van der Waals surface area contributed by atoms with Gasteiger partial charge in [-0.3, -0.25) is 19.9 Å². The number of nitrogens with zero attached hydrogens (tertiary/aromatic N) is 2. The van der Waals surface area contributed by atoms with Crippen molar-refractivity contribution in [2.75, 3.05) is 12.4 Å². The molecule has 0 fully saturated rings. The number of anilines is 1. The lowest BCUT2D eigenvalue weighted by molar-refractivity contribution is -0.385. The Hall–Kier alpha value is -2.94. The Morgan fingerprint density at radius 1 is 1.39 bits per heavy atom. The number of benzene rings is 2. The van der Waals surface area contributed by atoms with E-state index in [2.05, 4.69) is 26.2 Å². The molecule has 2 N–H and O–H groups in total. The van der Waals surface area contributed by atoms with E-state index in [1.165, 1.54) is 25.5 Å². The average Bonchev–Trinajstić information content (AvgIpc) is 2.67. The first-order valence-corrected chi connectivity index (χ1v) is 9.33. The fraction of sp³-hybridized carbons (Fsp3) is 0.263. The standard InChI is InChI=1S/C19H20BrN3O5/c1-3-4-5-18(24)22-16-7-6-13(9-17(16)28-2)21-11-12-8-14(23(26)27)10-15(20)19(12)25/h6-11,25H,3-5H2,1-2H3,(H,22,24). The number of methoxy groups -OCH3 is 1. The molecular weight excluding hydrogens is 430 g/mol. The highest BCUT2D eigenvalue weighted by Crippen LogP contribution is 2.33. The fourth-order valence-electron chi connectivity index (χ4n) is 2.37. The molecule has 0 saturated carbocycles. The largest absolute Gasteiger partial charge is 0.506 e. The zero-order valence-corrected chi connectivity index (χ0v) is 17.0. The van der Waals surface area contributed by atoms with E-state index in [0.29, 0.717) is 23.5 Å². The summed E-state index contributed by atoms with van der Waals surface area (Å²) in [6.07, 6.45) is 3.49. The maximum absolute atomic E-state index is 11.9. The van der Waals surface area contributed by atoms with Gasteiger partial charge in [-0.1, -0.05) is 13.3 Å². The Balaban J connectivity index is 2.25. The van der Waals surface area contributed by atoms with Crippen molar-refractivity contribution in [1.29, 1.82) is 0 Å². The van der Waals surface area contributed by atoms with Gasteiger partial charge in [0.25, 0.3) is 5.69 Å². The van der Waals surface area contributed by atoms with Crippen LogP contribution in [-0.4, -0.2) is 29.3 Å². The molecule has 2 aromatic rings. The first kappa shape index (κ1) is 21.4. The highest BCUT2D eigenvalue weighted by Gasteiger charge is 2.14. The smallest absolute Gasteiger partial charge is 0.271 e. The van der Waals surface area contributed by atoms with Gasteiger partial charge < -0.3 is 15.2 Å². The number of carbonyl (C=O) groups excluding carboxylic acids is 1. The Bertz CT molecular complexity index is 915. The van der Waals surface area contributed by atoms with Gasteiger partial charge in [0.05, 0.1) is 27.9 Å². The molecule has 0 unspecified atom stereocenters. The number of non-ortho nitro benzene ring substituents is 1. The number of unbranched alkanes of at least 4 members (excludes halogenated alkanes) is 1. The summed E-state index contributed by atoms with van der Waals surface area (Å²) < 4.78 is 5.50. The summed E-state index contributed by atoms with van der Waals surface area (Å²) in [5.74, 6) is 0.188. The molecule has 0 aliphatic rings. The van der Waals surface area contributed by atoms with E-state index in [4.69, 9.17) is 4.74 Å². The Morgan fingerprint density at radius 2 is 2.14 bits per heavy atom. The molecule has 148 valence electrons. The van der Waals surface area contributed by atoms with Gasteiger partial charge in [-0.25, -0.2) is 0 Å². The number of nitro groups is 1. The number of amides is 1. The van der Waals surface area contributed by atoms with Crippen LogP contribution in [-0.2, 0) is 4.79 Å². The maximum atomic E-state index is 11.9. The van der Waals surface area contributed by atoms with Crippen LogP contribution in [0.3, 0.4) is 0 Å². The van der Waals surface area contributed by atoms with E-state index in [0.717, 1.165) is 12.8 Å². The number of rotatable bonds is 8. The van der Waals surface area contributed by atoms with Crippen molar-refractivity contribution >= 4 is 45.1 Å². The Morgan fingerprint density at radius 3 is 2.79 bits per heavy atom. The first-order valence-electron chi connectivity index (χ1n) is 8.54. The van der Waals surface area contributed by atoms with Crippen LogP contribution >= 0.6 is 15.9 Å². The van der Waals surface area contributed by atoms with E-state index < -0.39 is 4.92 Å². The highest BCUT2D eigenvalue weighted by atomic mass is 79.9. The number of hydrogen-bond acceptors (Lipinski definition) is 6. The zero-order chi connectivity index (χ0) is 20.7. The van der Waals surface area contributed by atoms with Gasteiger partial charge in [0, 0.05) is 36.4 Å². The third-order valence-corrected chi connectivity index (χ3v) is 4.46. The number of aliphatic imine (C=N–C) groups is 1. The Kier molecular flexibility index (Phi) is 7.51. The second-order valence-corrected chi connectivity index (χ2v) is 6.77. The van der Waals surface area contributed by atoms with E-state index >= 15 is 0 Å². The van der Waals surface area contributed by atoms with Crippen molar-refractivity contribution in [3.8, 4) is 11.5 Å². The van der Waals surface area contributed by atoms with E-state index in [1.54, 1.807) is 18.2 Å². The predicted octanol–water partition coefficient (Wildman–Crippen LogP) is 4.95. The predicted molar refractivity (Wildman–Crippen MR) is 111 cm³/mol. The minimum absolute atomic E-state index is 0.0947. The van der Waals surface area contributed by atoms with Crippen LogP contribution in [0.1, 0.15) is 31.7 Å². The zero-order valence-electron chi connectivity index (χ0n) is 15.4. The van der Waals surface area contributed by atoms with Crippen LogP contribution in [0.4, 0.5) is 17.1 Å². The van der Waals surface area contributed by atoms with Gasteiger partial charge in [0.2, 0.25) is 5.91 Å². The topological polar surface area (TPSA) is 114 Å². The minimum Gasteiger partial charge on any atom is -0.506 e. The summed E-state index contributed by atoms with van der Waals surface area (Å²) in [6, 6.07) is 7.39. The van der Waals surface area contributed by atoms with Crippen molar-refractivity contribution in [3.05, 3.63) is 50.5 Å². The molecular formula is C19H20BrN3O5. The molecule has 1 amide bonds.